The van der Waals surface area contributed by atoms with Crippen LogP contribution < -0.4 is 4.74 Å². The lowest BCUT2D eigenvalue weighted by atomic mass is 9.83. The van der Waals surface area contributed by atoms with E-state index in [1.807, 2.05) is 12.1 Å². The second kappa shape index (κ2) is 5.98. The zero-order valence-electron chi connectivity index (χ0n) is 14.2. The van der Waals surface area contributed by atoms with E-state index in [4.69, 9.17) is 4.74 Å². The third kappa shape index (κ3) is 2.82. The van der Waals surface area contributed by atoms with Crippen molar-refractivity contribution in [3.63, 3.8) is 0 Å². The zero-order chi connectivity index (χ0) is 15.8. The van der Waals surface area contributed by atoms with Crippen LogP contribution in [0.25, 0.3) is 0 Å². The lowest BCUT2D eigenvalue weighted by Crippen LogP contribution is -2.58. The van der Waals surface area contributed by atoms with E-state index in [0.717, 1.165) is 24.4 Å². The average Bonchev–Trinajstić information content (AvgIpc) is 2.42. The molecule has 1 aliphatic heterocycles. The van der Waals surface area contributed by atoms with Crippen LogP contribution in [0.2, 0.25) is 0 Å². The molecule has 2 rings (SSSR count). The van der Waals surface area contributed by atoms with Gasteiger partial charge in [0, 0.05) is 5.56 Å². The number of hydrogen-bond acceptors (Lipinski definition) is 3. The molecule has 1 aromatic rings. The van der Waals surface area contributed by atoms with Crippen molar-refractivity contribution in [2.24, 2.45) is 0 Å². The number of nitrogens with zero attached hydrogens (tertiary/aromatic N) is 1. The van der Waals surface area contributed by atoms with Crippen molar-refractivity contribution in [1.82, 2.24) is 4.90 Å². The number of rotatable bonds is 4. The first-order valence-corrected chi connectivity index (χ1v) is 8.07. The van der Waals surface area contributed by atoms with Gasteiger partial charge in [0.25, 0.3) is 0 Å². The first kappa shape index (κ1) is 16.3. The minimum absolute atomic E-state index is 0.0255. The molecule has 0 spiro atoms. The van der Waals surface area contributed by atoms with Crippen LogP contribution in [0.1, 0.15) is 64.7 Å². The molecule has 1 N–H and O–H groups in total. The molecular weight excluding hydrogens is 262 g/mol. The summed E-state index contributed by atoms with van der Waals surface area (Å²) in [5, 5.41) is 11.0. The fourth-order valence-electron chi connectivity index (χ4n) is 3.51. The van der Waals surface area contributed by atoms with E-state index >= 15 is 0 Å². The molecule has 1 aliphatic rings. The van der Waals surface area contributed by atoms with Crippen LogP contribution in [0.5, 0.6) is 5.75 Å². The highest BCUT2D eigenvalue weighted by Gasteiger charge is 2.46. The van der Waals surface area contributed by atoms with E-state index < -0.39 is 11.7 Å². The van der Waals surface area contributed by atoms with E-state index in [9.17, 15) is 5.11 Å². The fourth-order valence-corrected chi connectivity index (χ4v) is 3.51. The van der Waals surface area contributed by atoms with Gasteiger partial charge in [-0.1, -0.05) is 45.9 Å². The third-order valence-corrected chi connectivity index (χ3v) is 4.60. The molecule has 118 valence electrons. The molecule has 2 atom stereocenters. The molecule has 0 saturated heterocycles. The quantitative estimate of drug-likeness (QED) is 0.917. The van der Waals surface area contributed by atoms with Crippen LogP contribution in [0.3, 0.4) is 0 Å². The Balaban J connectivity index is 2.52. The molecule has 3 nitrogen and oxygen atoms in total. The average molecular weight is 291 g/mol. The van der Waals surface area contributed by atoms with Crippen LogP contribution in [0, 0.1) is 0 Å². The van der Waals surface area contributed by atoms with Crippen molar-refractivity contribution in [3.05, 3.63) is 29.3 Å². The molecule has 0 amide bonds. The van der Waals surface area contributed by atoms with Gasteiger partial charge in [0.05, 0.1) is 6.04 Å². The summed E-state index contributed by atoms with van der Waals surface area (Å²) >= 11 is 0. The number of ether oxygens (including phenoxy) is 1. The summed E-state index contributed by atoms with van der Waals surface area (Å²) in [4.78, 5) is 2.29. The summed E-state index contributed by atoms with van der Waals surface area (Å²) in [6, 6.07) is 6.10. The van der Waals surface area contributed by atoms with Crippen molar-refractivity contribution >= 4 is 0 Å². The van der Waals surface area contributed by atoms with Crippen molar-refractivity contribution in [1.29, 1.82) is 0 Å². The highest BCUT2D eigenvalue weighted by Crippen LogP contribution is 2.45. The van der Waals surface area contributed by atoms with Crippen LogP contribution >= 0.6 is 0 Å². The van der Waals surface area contributed by atoms with E-state index in [1.54, 1.807) is 0 Å². The highest BCUT2D eigenvalue weighted by atomic mass is 16.5. The van der Waals surface area contributed by atoms with Gasteiger partial charge in [0.1, 0.15) is 17.5 Å². The van der Waals surface area contributed by atoms with Crippen molar-refractivity contribution in [3.8, 4) is 5.75 Å². The Morgan fingerprint density at radius 2 is 1.86 bits per heavy atom. The number of hydrogen-bond donors (Lipinski definition) is 1. The molecule has 2 unspecified atom stereocenters. The summed E-state index contributed by atoms with van der Waals surface area (Å²) in [5.74, 6) is 1.27. The largest absolute Gasteiger partial charge is 0.485 e. The normalized spacial score (nSPS) is 24.0. The first-order chi connectivity index (χ1) is 9.83. The molecule has 0 fully saturated rings. The second-order valence-electron chi connectivity index (χ2n) is 6.74. The summed E-state index contributed by atoms with van der Waals surface area (Å²) in [7, 11) is 0. The topological polar surface area (TPSA) is 32.7 Å². The summed E-state index contributed by atoms with van der Waals surface area (Å²) in [5.41, 5.74) is 1.69. The molecule has 0 aromatic heterocycles. The fraction of sp³-hybridized carbons (Fsp3) is 0.667. The van der Waals surface area contributed by atoms with Gasteiger partial charge in [-0.3, -0.25) is 4.90 Å². The van der Waals surface area contributed by atoms with Gasteiger partial charge in [-0.25, -0.2) is 0 Å². The first-order valence-electron chi connectivity index (χ1n) is 8.07. The maximum absolute atomic E-state index is 11.0. The Morgan fingerprint density at radius 1 is 1.24 bits per heavy atom. The number of aliphatic hydroxyl groups excluding tert-OH is 1. The van der Waals surface area contributed by atoms with Crippen LogP contribution in [0.4, 0.5) is 0 Å². The molecule has 1 heterocycles. The number of para-hydroxylation sites is 1. The minimum Gasteiger partial charge on any atom is -0.485 e. The predicted octanol–water partition coefficient (Wildman–Crippen LogP) is 3.72. The number of fused-ring (bicyclic) bond motifs is 1. The smallest absolute Gasteiger partial charge is 0.129 e. The van der Waals surface area contributed by atoms with Crippen LogP contribution in [0.15, 0.2) is 18.2 Å². The highest BCUT2D eigenvalue weighted by molar-refractivity contribution is 5.47. The monoisotopic (exact) mass is 291 g/mol. The lowest BCUT2D eigenvalue weighted by molar-refractivity contribution is -0.0804. The maximum atomic E-state index is 11.0. The Bertz CT molecular complexity index is 492. The summed E-state index contributed by atoms with van der Waals surface area (Å²) in [6.07, 6.45) is -0.512. The van der Waals surface area contributed by atoms with Crippen molar-refractivity contribution < 1.29 is 9.84 Å². The molecule has 3 heteroatoms. The van der Waals surface area contributed by atoms with E-state index in [2.05, 4.69) is 52.5 Å². The van der Waals surface area contributed by atoms with E-state index in [1.165, 1.54) is 5.56 Å². The van der Waals surface area contributed by atoms with E-state index in [0.29, 0.717) is 5.92 Å². The summed E-state index contributed by atoms with van der Waals surface area (Å²) in [6.45, 7) is 14.6. The van der Waals surface area contributed by atoms with Gasteiger partial charge in [0.15, 0.2) is 0 Å². The van der Waals surface area contributed by atoms with Crippen LogP contribution in [-0.4, -0.2) is 34.7 Å². The Labute approximate surface area is 128 Å². The van der Waals surface area contributed by atoms with Gasteiger partial charge in [-0.15, -0.1) is 0 Å². The summed E-state index contributed by atoms with van der Waals surface area (Å²) < 4.78 is 6.38. The van der Waals surface area contributed by atoms with Gasteiger partial charge in [0.2, 0.25) is 0 Å². The second-order valence-corrected chi connectivity index (χ2v) is 6.74. The van der Waals surface area contributed by atoms with Gasteiger partial charge < -0.3 is 9.84 Å². The van der Waals surface area contributed by atoms with Gasteiger partial charge in [-0.05, 0) is 38.4 Å². The van der Waals surface area contributed by atoms with Gasteiger partial charge >= 0.3 is 0 Å². The maximum Gasteiger partial charge on any atom is 0.129 e. The molecular formula is C18H29NO2. The Morgan fingerprint density at radius 3 is 2.38 bits per heavy atom. The number of benzene rings is 1. The predicted molar refractivity (Wildman–Crippen MR) is 86.9 cm³/mol. The Hall–Kier alpha value is -1.06. The van der Waals surface area contributed by atoms with Crippen molar-refractivity contribution in [2.45, 2.75) is 65.2 Å². The number of likely N-dealkylation sites (N-methyl/N-ethyl adjacent to an activating group) is 1. The van der Waals surface area contributed by atoms with Crippen LogP contribution in [-0.2, 0) is 0 Å². The van der Waals surface area contributed by atoms with Crippen molar-refractivity contribution in [2.75, 3.05) is 13.1 Å². The number of aliphatic hydroxyl groups is 1. The standard InChI is InChI=1S/C18H29NO2/c1-7-19(8-2)17-15(20)14-11-9-10-13(12(3)4)16(14)21-18(17,5)6/h9-12,15,17,20H,7-8H2,1-6H3. The molecule has 0 saturated carbocycles. The lowest BCUT2D eigenvalue weighted by Gasteiger charge is -2.48. The Kier molecular flexibility index (Phi) is 4.64. The zero-order valence-corrected chi connectivity index (χ0v) is 14.2. The molecule has 1 aromatic carbocycles. The third-order valence-electron chi connectivity index (χ3n) is 4.60. The molecule has 21 heavy (non-hydrogen) atoms. The molecule has 0 bridgehead atoms. The van der Waals surface area contributed by atoms with E-state index in [-0.39, 0.29) is 6.04 Å². The minimum atomic E-state index is -0.512. The molecule has 0 radical (unpaired) electrons. The van der Waals surface area contributed by atoms with Gasteiger partial charge in [-0.2, -0.15) is 0 Å². The SMILES string of the molecule is CCN(CC)C1C(O)c2cccc(C(C)C)c2OC1(C)C. The molecule has 0 aliphatic carbocycles.